The minimum absolute atomic E-state index is 0.109. The highest BCUT2D eigenvalue weighted by Gasteiger charge is 2.45. The lowest BCUT2D eigenvalue weighted by atomic mass is 9.99. The summed E-state index contributed by atoms with van der Waals surface area (Å²) >= 11 is 0. The van der Waals surface area contributed by atoms with Crippen molar-refractivity contribution < 1.29 is 24.2 Å². The summed E-state index contributed by atoms with van der Waals surface area (Å²) in [7, 11) is 0. The van der Waals surface area contributed by atoms with E-state index in [9.17, 15) is 19.5 Å². The molecule has 1 heterocycles. The van der Waals surface area contributed by atoms with E-state index in [1.807, 2.05) is 30.3 Å². The van der Waals surface area contributed by atoms with E-state index >= 15 is 0 Å². The number of benzene rings is 1. The topological polar surface area (TPSA) is 95.9 Å². The van der Waals surface area contributed by atoms with Crippen LogP contribution in [0.4, 0.5) is 4.79 Å². The Hall–Kier alpha value is -2.57. The van der Waals surface area contributed by atoms with Gasteiger partial charge in [-0.1, -0.05) is 30.3 Å². The molecule has 1 saturated heterocycles. The number of carbonyl (C=O) groups is 3. The quantitative estimate of drug-likeness (QED) is 0.854. The van der Waals surface area contributed by atoms with E-state index in [2.05, 4.69) is 5.32 Å². The molecule has 0 saturated carbocycles. The highest BCUT2D eigenvalue weighted by molar-refractivity contribution is 5.89. The number of carboxylic acid groups (broad SMARTS) is 1. The molecule has 0 unspecified atom stereocenters. The molecule has 7 nitrogen and oxygen atoms in total. The Labute approximate surface area is 134 Å². The Bertz CT molecular complexity index is 589. The van der Waals surface area contributed by atoms with Gasteiger partial charge < -0.3 is 20.1 Å². The molecular weight excluding hydrogens is 300 g/mol. The summed E-state index contributed by atoms with van der Waals surface area (Å²) in [5, 5.41) is 11.6. The zero-order chi connectivity index (χ0) is 16.9. The maximum atomic E-state index is 12.1. The maximum Gasteiger partial charge on any atom is 0.407 e. The summed E-state index contributed by atoms with van der Waals surface area (Å²) in [6.07, 6.45) is 0.331. The van der Waals surface area contributed by atoms with Crippen LogP contribution in [-0.4, -0.2) is 46.6 Å². The normalized spacial score (nSPS) is 20.1. The molecule has 0 aromatic heterocycles. The van der Waals surface area contributed by atoms with Gasteiger partial charge in [-0.3, -0.25) is 4.79 Å². The van der Waals surface area contributed by atoms with Crippen LogP contribution in [0, 0.1) is 0 Å². The summed E-state index contributed by atoms with van der Waals surface area (Å²) in [6, 6.07) is 9.17. The standard InChI is InChI=1S/C16H20N2O5/c1-16(14(20)21)8-5-9-18(16)13(19)10-17-15(22)23-11-12-6-3-2-4-7-12/h2-4,6-7H,5,8-11H2,1H3,(H,17,22)(H,20,21)/t16-/m0/s1. The molecule has 1 aliphatic heterocycles. The van der Waals surface area contributed by atoms with Crippen LogP contribution in [0.25, 0.3) is 0 Å². The van der Waals surface area contributed by atoms with E-state index in [0.717, 1.165) is 5.56 Å². The molecule has 23 heavy (non-hydrogen) atoms. The van der Waals surface area contributed by atoms with Gasteiger partial charge in [0.15, 0.2) is 0 Å². The van der Waals surface area contributed by atoms with E-state index in [-0.39, 0.29) is 13.2 Å². The van der Waals surface area contributed by atoms with Crippen molar-refractivity contribution in [3.05, 3.63) is 35.9 Å². The third-order valence-corrected chi connectivity index (χ3v) is 4.00. The first-order chi connectivity index (χ1) is 10.9. The first-order valence-electron chi connectivity index (χ1n) is 7.42. The molecule has 0 bridgehead atoms. The average molecular weight is 320 g/mol. The second-order valence-corrected chi connectivity index (χ2v) is 5.64. The SMILES string of the molecule is C[C@@]1(C(=O)O)CCCN1C(=O)CNC(=O)OCc1ccccc1. The van der Waals surface area contributed by atoms with Gasteiger partial charge in [-0.2, -0.15) is 0 Å². The van der Waals surface area contributed by atoms with Gasteiger partial charge in [-0.15, -0.1) is 0 Å². The highest BCUT2D eigenvalue weighted by Crippen LogP contribution is 2.29. The van der Waals surface area contributed by atoms with Crippen LogP contribution in [0.15, 0.2) is 30.3 Å². The van der Waals surface area contributed by atoms with Crippen molar-refractivity contribution in [2.45, 2.75) is 31.9 Å². The number of nitrogens with zero attached hydrogens (tertiary/aromatic N) is 1. The van der Waals surface area contributed by atoms with E-state index < -0.39 is 23.5 Å². The third-order valence-electron chi connectivity index (χ3n) is 4.00. The predicted octanol–water partition coefficient (Wildman–Crippen LogP) is 1.38. The highest BCUT2D eigenvalue weighted by atomic mass is 16.5. The number of hydrogen-bond donors (Lipinski definition) is 2. The molecule has 1 aromatic rings. The molecule has 0 aliphatic carbocycles. The van der Waals surface area contributed by atoms with Crippen molar-refractivity contribution in [3.63, 3.8) is 0 Å². The zero-order valence-corrected chi connectivity index (χ0v) is 12.9. The summed E-state index contributed by atoms with van der Waals surface area (Å²) in [4.78, 5) is 36.4. The molecule has 7 heteroatoms. The first kappa shape index (κ1) is 16.8. The summed E-state index contributed by atoms with van der Waals surface area (Å²) in [5.41, 5.74) is -0.362. The number of carboxylic acids is 1. The van der Waals surface area contributed by atoms with Gasteiger partial charge in [0.2, 0.25) is 5.91 Å². The maximum absolute atomic E-state index is 12.1. The number of carbonyl (C=O) groups excluding carboxylic acids is 2. The lowest BCUT2D eigenvalue weighted by Gasteiger charge is -2.31. The van der Waals surface area contributed by atoms with Gasteiger partial charge in [-0.05, 0) is 25.3 Å². The van der Waals surface area contributed by atoms with Crippen LogP contribution in [0.2, 0.25) is 0 Å². The van der Waals surface area contributed by atoms with Gasteiger partial charge in [0.25, 0.3) is 0 Å². The number of ether oxygens (including phenoxy) is 1. The van der Waals surface area contributed by atoms with Crippen molar-refractivity contribution in [1.82, 2.24) is 10.2 Å². The van der Waals surface area contributed by atoms with Gasteiger partial charge >= 0.3 is 12.1 Å². The van der Waals surface area contributed by atoms with Gasteiger partial charge in [-0.25, -0.2) is 9.59 Å². The number of rotatable bonds is 5. The molecule has 1 aliphatic rings. The van der Waals surface area contributed by atoms with Crippen LogP contribution < -0.4 is 5.32 Å². The average Bonchev–Trinajstić information content (AvgIpc) is 2.95. The second kappa shape index (κ2) is 7.13. The predicted molar refractivity (Wildman–Crippen MR) is 81.6 cm³/mol. The second-order valence-electron chi connectivity index (χ2n) is 5.64. The lowest BCUT2D eigenvalue weighted by molar-refractivity contribution is -0.154. The molecule has 124 valence electrons. The first-order valence-corrected chi connectivity index (χ1v) is 7.42. The molecular formula is C16H20N2O5. The van der Waals surface area contributed by atoms with Crippen LogP contribution in [0.1, 0.15) is 25.3 Å². The van der Waals surface area contributed by atoms with Gasteiger partial charge in [0.1, 0.15) is 18.7 Å². The fourth-order valence-electron chi connectivity index (χ4n) is 2.60. The van der Waals surface area contributed by atoms with Crippen LogP contribution in [0.5, 0.6) is 0 Å². The fourth-order valence-corrected chi connectivity index (χ4v) is 2.60. The molecule has 2 rings (SSSR count). The molecule has 1 atom stereocenters. The van der Waals surface area contributed by atoms with Gasteiger partial charge in [0.05, 0.1) is 0 Å². The van der Waals surface area contributed by atoms with Crippen molar-refractivity contribution >= 4 is 18.0 Å². The molecule has 1 fully saturated rings. The smallest absolute Gasteiger partial charge is 0.407 e. The van der Waals surface area contributed by atoms with Crippen molar-refractivity contribution in [1.29, 1.82) is 0 Å². The molecule has 2 N–H and O–H groups in total. The Balaban J connectivity index is 1.80. The molecule has 0 radical (unpaired) electrons. The van der Waals surface area contributed by atoms with E-state index in [4.69, 9.17) is 4.74 Å². The zero-order valence-electron chi connectivity index (χ0n) is 12.9. The van der Waals surface area contributed by atoms with Crippen molar-refractivity contribution in [3.8, 4) is 0 Å². The van der Waals surface area contributed by atoms with E-state index in [1.165, 1.54) is 11.8 Å². The van der Waals surface area contributed by atoms with Crippen molar-refractivity contribution in [2.75, 3.05) is 13.1 Å². The number of nitrogens with one attached hydrogen (secondary N) is 1. The number of aliphatic carboxylic acids is 1. The van der Waals surface area contributed by atoms with Crippen LogP contribution >= 0.6 is 0 Å². The minimum Gasteiger partial charge on any atom is -0.480 e. The van der Waals surface area contributed by atoms with Crippen LogP contribution in [0.3, 0.4) is 0 Å². The summed E-state index contributed by atoms with van der Waals surface area (Å²) in [6.45, 7) is 1.73. The molecule has 2 amide bonds. The molecule has 1 aromatic carbocycles. The van der Waals surface area contributed by atoms with Gasteiger partial charge in [0, 0.05) is 6.54 Å². The lowest BCUT2D eigenvalue weighted by Crippen LogP contribution is -2.53. The number of alkyl carbamates (subject to hydrolysis) is 1. The number of hydrogen-bond acceptors (Lipinski definition) is 4. The Kier molecular flexibility index (Phi) is 5.20. The number of amides is 2. The summed E-state index contributed by atoms with van der Waals surface area (Å²) in [5.74, 6) is -1.46. The van der Waals surface area contributed by atoms with E-state index in [0.29, 0.717) is 19.4 Å². The fraction of sp³-hybridized carbons (Fsp3) is 0.438. The Morgan fingerprint density at radius 2 is 2.00 bits per heavy atom. The molecule has 0 spiro atoms. The van der Waals surface area contributed by atoms with Crippen LogP contribution in [-0.2, 0) is 20.9 Å². The monoisotopic (exact) mass is 320 g/mol. The third kappa shape index (κ3) is 4.00. The van der Waals surface area contributed by atoms with Crippen molar-refractivity contribution in [2.24, 2.45) is 0 Å². The minimum atomic E-state index is -1.20. The number of likely N-dealkylation sites (tertiary alicyclic amines) is 1. The Morgan fingerprint density at radius 1 is 1.30 bits per heavy atom. The van der Waals surface area contributed by atoms with E-state index in [1.54, 1.807) is 0 Å². The Morgan fingerprint density at radius 3 is 2.65 bits per heavy atom. The summed E-state index contributed by atoms with van der Waals surface area (Å²) < 4.78 is 5.00. The largest absolute Gasteiger partial charge is 0.480 e.